The van der Waals surface area contributed by atoms with Gasteiger partial charge >= 0.3 is 5.97 Å². The van der Waals surface area contributed by atoms with Crippen LogP contribution < -0.4 is 0 Å². The first-order valence-corrected chi connectivity index (χ1v) is 5.69. The van der Waals surface area contributed by atoms with Crippen molar-refractivity contribution in [3.05, 3.63) is 34.9 Å². The molecule has 4 nitrogen and oxygen atoms in total. The van der Waals surface area contributed by atoms with E-state index in [9.17, 15) is 4.79 Å². The Morgan fingerprint density at radius 1 is 1.41 bits per heavy atom. The van der Waals surface area contributed by atoms with E-state index in [4.69, 9.17) is 10.5 Å². The van der Waals surface area contributed by atoms with Crippen LogP contribution in [-0.2, 0) is 16.0 Å². The predicted octanol–water partition coefficient (Wildman–Crippen LogP) is 1.91. The summed E-state index contributed by atoms with van der Waals surface area (Å²) in [6.45, 7) is 0. The van der Waals surface area contributed by atoms with Crippen molar-refractivity contribution < 1.29 is 9.53 Å². The summed E-state index contributed by atoms with van der Waals surface area (Å²) in [7, 11) is 1.32. The number of nitrogens with zero attached hydrogens (tertiary/aromatic N) is 2. The normalized spacial score (nSPS) is 11.1. The fourth-order valence-corrected chi connectivity index (χ4v) is 1.89. The summed E-state index contributed by atoms with van der Waals surface area (Å²) in [5.41, 5.74) is 1.45. The Balaban J connectivity index is 2.92. The molecule has 1 aromatic carbocycles. The van der Waals surface area contributed by atoms with Crippen LogP contribution in [0.5, 0.6) is 0 Å². The van der Waals surface area contributed by atoms with Crippen LogP contribution in [0.15, 0.2) is 18.2 Å². The van der Waals surface area contributed by atoms with Crippen LogP contribution in [0.4, 0.5) is 0 Å². The summed E-state index contributed by atoms with van der Waals surface area (Å²) in [6.07, 6.45) is 0.410. The first-order valence-electron chi connectivity index (χ1n) is 4.77. The van der Waals surface area contributed by atoms with Crippen LogP contribution in [-0.4, -0.2) is 17.9 Å². The van der Waals surface area contributed by atoms with Gasteiger partial charge in [-0.1, -0.05) is 22.0 Å². The highest BCUT2D eigenvalue weighted by Crippen LogP contribution is 2.15. The van der Waals surface area contributed by atoms with E-state index in [-0.39, 0.29) is 5.97 Å². The SMILES string of the molecule is COC(=O)C(Br)Cc1ccc(C#N)c(C#N)c1. The highest BCUT2D eigenvalue weighted by Gasteiger charge is 2.16. The van der Waals surface area contributed by atoms with Crippen LogP contribution in [0.3, 0.4) is 0 Å². The summed E-state index contributed by atoms with van der Waals surface area (Å²) in [4.78, 5) is 10.8. The van der Waals surface area contributed by atoms with Gasteiger partial charge in [0.2, 0.25) is 0 Å². The molecule has 0 amide bonds. The highest BCUT2D eigenvalue weighted by atomic mass is 79.9. The number of benzene rings is 1. The third kappa shape index (κ3) is 3.30. The smallest absolute Gasteiger partial charge is 0.319 e. The number of ether oxygens (including phenoxy) is 1. The second kappa shape index (κ2) is 6.03. The van der Waals surface area contributed by atoms with E-state index in [1.165, 1.54) is 7.11 Å². The molecule has 0 radical (unpaired) electrons. The molecule has 0 saturated carbocycles. The number of hydrogen-bond donors (Lipinski definition) is 0. The van der Waals surface area contributed by atoms with Gasteiger partial charge in [-0.05, 0) is 24.1 Å². The van der Waals surface area contributed by atoms with Gasteiger partial charge < -0.3 is 4.74 Å². The maximum atomic E-state index is 11.2. The lowest BCUT2D eigenvalue weighted by Gasteiger charge is -2.07. The number of alkyl halides is 1. The van der Waals surface area contributed by atoms with Crippen molar-refractivity contribution in [1.29, 1.82) is 10.5 Å². The fraction of sp³-hybridized carbons (Fsp3) is 0.250. The molecule has 0 heterocycles. The third-order valence-electron chi connectivity index (χ3n) is 2.20. The quantitative estimate of drug-likeness (QED) is 0.630. The van der Waals surface area contributed by atoms with Crippen molar-refractivity contribution in [2.45, 2.75) is 11.2 Å². The molecule has 5 heteroatoms. The molecule has 0 N–H and O–H groups in total. The van der Waals surface area contributed by atoms with Gasteiger partial charge in [0.15, 0.2) is 0 Å². The standard InChI is InChI=1S/C12H9BrN2O2/c1-17-12(16)11(13)5-8-2-3-9(6-14)10(4-8)7-15/h2-4,11H,5H2,1H3. The number of rotatable bonds is 3. The molecule has 1 unspecified atom stereocenters. The first kappa shape index (κ1) is 13.2. The minimum Gasteiger partial charge on any atom is -0.468 e. The molecular formula is C12H9BrN2O2. The molecule has 0 aliphatic rings. The van der Waals surface area contributed by atoms with Crippen LogP contribution in [0, 0.1) is 22.7 Å². The van der Waals surface area contributed by atoms with E-state index in [1.54, 1.807) is 18.2 Å². The second-order valence-electron chi connectivity index (χ2n) is 3.30. The molecule has 0 aliphatic heterocycles. The average molecular weight is 293 g/mol. The monoisotopic (exact) mass is 292 g/mol. The zero-order valence-electron chi connectivity index (χ0n) is 9.11. The van der Waals surface area contributed by atoms with Gasteiger partial charge in [0.25, 0.3) is 0 Å². The van der Waals surface area contributed by atoms with E-state index < -0.39 is 4.83 Å². The second-order valence-corrected chi connectivity index (χ2v) is 4.40. The number of carbonyl (C=O) groups is 1. The molecule has 0 aliphatic carbocycles. The first-order chi connectivity index (χ1) is 8.12. The summed E-state index contributed by atoms with van der Waals surface area (Å²) >= 11 is 3.20. The number of halogens is 1. The van der Waals surface area contributed by atoms with E-state index in [2.05, 4.69) is 20.7 Å². The van der Waals surface area contributed by atoms with Crippen molar-refractivity contribution >= 4 is 21.9 Å². The Labute approximate surface area is 108 Å². The zero-order chi connectivity index (χ0) is 12.8. The summed E-state index contributed by atoms with van der Waals surface area (Å²) in [5, 5.41) is 17.6. The van der Waals surface area contributed by atoms with E-state index in [0.29, 0.717) is 17.5 Å². The van der Waals surface area contributed by atoms with Crippen molar-refractivity contribution in [1.82, 2.24) is 0 Å². The van der Waals surface area contributed by atoms with Crippen LogP contribution >= 0.6 is 15.9 Å². The lowest BCUT2D eigenvalue weighted by molar-refractivity contribution is -0.139. The molecule has 1 rings (SSSR count). The summed E-state index contributed by atoms with van der Waals surface area (Å²) in [6, 6.07) is 8.78. The minimum absolute atomic E-state index is 0.314. The Morgan fingerprint density at radius 3 is 2.59 bits per heavy atom. The maximum Gasteiger partial charge on any atom is 0.319 e. The number of nitriles is 2. The number of esters is 1. The fourth-order valence-electron chi connectivity index (χ4n) is 1.33. The van der Waals surface area contributed by atoms with Gasteiger partial charge in [0.05, 0.1) is 18.2 Å². The molecule has 0 fully saturated rings. The van der Waals surface area contributed by atoms with Gasteiger partial charge in [-0.15, -0.1) is 0 Å². The topological polar surface area (TPSA) is 73.9 Å². The molecule has 0 bridgehead atoms. The molecule has 1 aromatic rings. The van der Waals surface area contributed by atoms with Crippen molar-refractivity contribution in [3.8, 4) is 12.1 Å². The van der Waals surface area contributed by atoms with E-state index in [1.807, 2.05) is 12.1 Å². The lowest BCUT2D eigenvalue weighted by Crippen LogP contribution is -2.18. The Kier molecular flexibility index (Phi) is 4.68. The molecule has 17 heavy (non-hydrogen) atoms. The summed E-state index contributed by atoms with van der Waals surface area (Å²) < 4.78 is 4.58. The van der Waals surface area contributed by atoms with Crippen molar-refractivity contribution in [3.63, 3.8) is 0 Å². The number of methoxy groups -OCH3 is 1. The Hall–Kier alpha value is -1.85. The van der Waals surface area contributed by atoms with Crippen LogP contribution in [0.25, 0.3) is 0 Å². The highest BCUT2D eigenvalue weighted by molar-refractivity contribution is 9.10. The third-order valence-corrected chi connectivity index (χ3v) is 2.89. The zero-order valence-corrected chi connectivity index (χ0v) is 10.7. The minimum atomic E-state index is -0.452. The van der Waals surface area contributed by atoms with Crippen molar-refractivity contribution in [2.24, 2.45) is 0 Å². The molecule has 86 valence electrons. The van der Waals surface area contributed by atoms with Gasteiger partial charge in [0, 0.05) is 0 Å². The largest absolute Gasteiger partial charge is 0.468 e. The van der Waals surface area contributed by atoms with E-state index in [0.717, 1.165) is 5.56 Å². The van der Waals surface area contributed by atoms with Gasteiger partial charge in [-0.3, -0.25) is 4.79 Å². The van der Waals surface area contributed by atoms with Gasteiger partial charge in [0.1, 0.15) is 17.0 Å². The molecule has 0 spiro atoms. The van der Waals surface area contributed by atoms with Crippen LogP contribution in [0.1, 0.15) is 16.7 Å². The van der Waals surface area contributed by atoms with E-state index >= 15 is 0 Å². The number of carbonyl (C=O) groups excluding carboxylic acids is 1. The van der Waals surface area contributed by atoms with Crippen molar-refractivity contribution in [2.75, 3.05) is 7.11 Å². The Morgan fingerprint density at radius 2 is 2.06 bits per heavy atom. The van der Waals surface area contributed by atoms with Crippen LogP contribution in [0.2, 0.25) is 0 Å². The average Bonchev–Trinajstić information content (AvgIpc) is 2.37. The molecular weight excluding hydrogens is 284 g/mol. The Bertz CT molecular complexity index is 514. The maximum absolute atomic E-state index is 11.2. The lowest BCUT2D eigenvalue weighted by atomic mass is 10.0. The molecule has 0 aromatic heterocycles. The molecule has 0 saturated heterocycles. The molecule has 1 atom stereocenters. The van der Waals surface area contributed by atoms with Gasteiger partial charge in [-0.25, -0.2) is 0 Å². The number of hydrogen-bond acceptors (Lipinski definition) is 4. The predicted molar refractivity (Wildman–Crippen MR) is 64.3 cm³/mol. The summed E-state index contributed by atoms with van der Waals surface area (Å²) in [5.74, 6) is -0.368. The van der Waals surface area contributed by atoms with Gasteiger partial charge in [-0.2, -0.15) is 10.5 Å².